The molecule has 2 aromatic rings. The number of alkyl halides is 3. The molecule has 1 N–H and O–H groups in total. The van der Waals surface area contributed by atoms with E-state index in [0.29, 0.717) is 12.4 Å². The van der Waals surface area contributed by atoms with Gasteiger partial charge in [0.1, 0.15) is 5.75 Å². The molecule has 0 aliphatic heterocycles. The molecule has 0 unspecified atom stereocenters. The number of amides is 1. The van der Waals surface area contributed by atoms with Crippen LogP contribution in [-0.2, 0) is 6.18 Å². The molecule has 0 heterocycles. The van der Waals surface area contributed by atoms with E-state index in [0.717, 1.165) is 12.1 Å². The Hall–Kier alpha value is -2.21. The summed E-state index contributed by atoms with van der Waals surface area (Å²) in [6.07, 6.45) is -4.60. The molecule has 2 rings (SSSR count). The van der Waals surface area contributed by atoms with Crippen molar-refractivity contribution in [2.75, 3.05) is 11.9 Å². The predicted octanol–water partition coefficient (Wildman–Crippen LogP) is 5.01. The Morgan fingerprint density at radius 1 is 1.22 bits per heavy atom. The lowest BCUT2D eigenvalue weighted by Gasteiger charge is -2.13. The number of hydrogen-bond donors (Lipinski definition) is 1. The standard InChI is InChI=1S/C16H13ClF3NO2/c1-2-23-14-6-4-3-5-11(14)15(22)21-10-7-8-13(17)12(9-10)16(18,19)20/h3-9H,2H2,1H3,(H,21,22). The highest BCUT2D eigenvalue weighted by Crippen LogP contribution is 2.36. The fourth-order valence-electron chi connectivity index (χ4n) is 1.95. The number of hydrogen-bond acceptors (Lipinski definition) is 2. The van der Waals surface area contributed by atoms with Crippen LogP contribution in [0.4, 0.5) is 18.9 Å². The summed E-state index contributed by atoms with van der Waals surface area (Å²) >= 11 is 5.55. The van der Waals surface area contributed by atoms with Gasteiger partial charge in [-0.2, -0.15) is 13.2 Å². The van der Waals surface area contributed by atoms with Crippen LogP contribution in [0.3, 0.4) is 0 Å². The zero-order chi connectivity index (χ0) is 17.0. The first-order valence-electron chi connectivity index (χ1n) is 6.73. The van der Waals surface area contributed by atoms with Crippen LogP contribution >= 0.6 is 11.6 Å². The van der Waals surface area contributed by atoms with E-state index < -0.39 is 22.7 Å². The van der Waals surface area contributed by atoms with Gasteiger partial charge in [-0.15, -0.1) is 0 Å². The van der Waals surface area contributed by atoms with Crippen LogP contribution in [0, 0.1) is 0 Å². The van der Waals surface area contributed by atoms with Crippen molar-refractivity contribution < 1.29 is 22.7 Å². The minimum Gasteiger partial charge on any atom is -0.493 e. The van der Waals surface area contributed by atoms with Gasteiger partial charge >= 0.3 is 6.18 Å². The molecule has 23 heavy (non-hydrogen) atoms. The van der Waals surface area contributed by atoms with Crippen LogP contribution in [0.25, 0.3) is 0 Å². The number of benzene rings is 2. The SMILES string of the molecule is CCOc1ccccc1C(=O)Nc1ccc(Cl)c(C(F)(F)F)c1. The van der Waals surface area contributed by atoms with E-state index in [1.54, 1.807) is 25.1 Å². The minimum absolute atomic E-state index is 0.00183. The van der Waals surface area contributed by atoms with Gasteiger partial charge in [0.25, 0.3) is 5.91 Å². The van der Waals surface area contributed by atoms with Crippen LogP contribution < -0.4 is 10.1 Å². The topological polar surface area (TPSA) is 38.3 Å². The fraction of sp³-hybridized carbons (Fsp3) is 0.188. The van der Waals surface area contributed by atoms with Crippen molar-refractivity contribution in [3.63, 3.8) is 0 Å². The van der Waals surface area contributed by atoms with Crippen LogP contribution in [0.1, 0.15) is 22.8 Å². The van der Waals surface area contributed by atoms with Crippen LogP contribution in [0.5, 0.6) is 5.75 Å². The fourth-order valence-corrected chi connectivity index (χ4v) is 2.18. The molecule has 0 atom stereocenters. The highest BCUT2D eigenvalue weighted by Gasteiger charge is 2.33. The summed E-state index contributed by atoms with van der Waals surface area (Å²) in [5.74, 6) is -0.206. The molecule has 0 saturated heterocycles. The van der Waals surface area contributed by atoms with E-state index in [9.17, 15) is 18.0 Å². The van der Waals surface area contributed by atoms with Crippen molar-refractivity contribution >= 4 is 23.2 Å². The largest absolute Gasteiger partial charge is 0.493 e. The number of ether oxygens (including phenoxy) is 1. The summed E-state index contributed by atoms with van der Waals surface area (Å²) in [6.45, 7) is 2.13. The molecule has 3 nitrogen and oxygen atoms in total. The maximum atomic E-state index is 12.8. The van der Waals surface area contributed by atoms with Gasteiger partial charge in [0.15, 0.2) is 0 Å². The Kier molecular flexibility index (Phi) is 5.15. The third kappa shape index (κ3) is 4.16. The Labute approximate surface area is 136 Å². The maximum Gasteiger partial charge on any atom is 0.417 e. The highest BCUT2D eigenvalue weighted by atomic mass is 35.5. The molecule has 0 aromatic heterocycles. The molecule has 0 radical (unpaired) electrons. The average Bonchev–Trinajstić information content (AvgIpc) is 2.49. The molecule has 122 valence electrons. The summed E-state index contributed by atoms with van der Waals surface area (Å²) in [6, 6.07) is 9.67. The van der Waals surface area contributed by atoms with Gasteiger partial charge in [-0.05, 0) is 37.3 Å². The Morgan fingerprint density at radius 2 is 1.91 bits per heavy atom. The Balaban J connectivity index is 2.28. The average molecular weight is 344 g/mol. The number of anilines is 1. The monoisotopic (exact) mass is 343 g/mol. The molecule has 0 spiro atoms. The van der Waals surface area contributed by atoms with E-state index in [-0.39, 0.29) is 11.3 Å². The lowest BCUT2D eigenvalue weighted by Crippen LogP contribution is -2.14. The Morgan fingerprint density at radius 3 is 2.57 bits per heavy atom. The van der Waals surface area contributed by atoms with Gasteiger partial charge in [-0.3, -0.25) is 4.79 Å². The van der Waals surface area contributed by atoms with E-state index in [4.69, 9.17) is 16.3 Å². The highest BCUT2D eigenvalue weighted by molar-refractivity contribution is 6.31. The first kappa shape index (κ1) is 17.1. The van der Waals surface area contributed by atoms with Crippen molar-refractivity contribution in [3.05, 3.63) is 58.6 Å². The predicted molar refractivity (Wildman–Crippen MR) is 82.0 cm³/mol. The van der Waals surface area contributed by atoms with E-state index in [1.165, 1.54) is 12.1 Å². The number of para-hydroxylation sites is 1. The molecule has 2 aromatic carbocycles. The second-order valence-electron chi connectivity index (χ2n) is 4.58. The number of halogens is 4. The second-order valence-corrected chi connectivity index (χ2v) is 4.98. The third-order valence-corrected chi connectivity index (χ3v) is 3.29. The van der Waals surface area contributed by atoms with E-state index >= 15 is 0 Å². The molecular weight excluding hydrogens is 331 g/mol. The molecule has 0 saturated carbocycles. The maximum absolute atomic E-state index is 12.8. The van der Waals surface area contributed by atoms with Crippen molar-refractivity contribution in [1.82, 2.24) is 0 Å². The molecule has 0 aliphatic carbocycles. The number of rotatable bonds is 4. The summed E-state index contributed by atoms with van der Waals surface area (Å²) in [5.41, 5.74) is -0.772. The van der Waals surface area contributed by atoms with Crippen molar-refractivity contribution in [2.24, 2.45) is 0 Å². The summed E-state index contributed by atoms with van der Waals surface area (Å²) in [7, 11) is 0. The molecule has 7 heteroatoms. The van der Waals surface area contributed by atoms with Gasteiger partial charge in [0.05, 0.1) is 22.8 Å². The molecular formula is C16H13ClF3NO2. The van der Waals surface area contributed by atoms with E-state index in [2.05, 4.69) is 5.32 Å². The van der Waals surface area contributed by atoms with Crippen LogP contribution in [0.15, 0.2) is 42.5 Å². The minimum atomic E-state index is -4.60. The van der Waals surface area contributed by atoms with E-state index in [1.807, 2.05) is 0 Å². The van der Waals surface area contributed by atoms with Crippen LogP contribution in [0.2, 0.25) is 5.02 Å². The number of carbonyl (C=O) groups is 1. The first-order chi connectivity index (χ1) is 10.8. The molecule has 1 amide bonds. The molecule has 0 aliphatic rings. The van der Waals surface area contributed by atoms with Gasteiger partial charge in [0.2, 0.25) is 0 Å². The smallest absolute Gasteiger partial charge is 0.417 e. The van der Waals surface area contributed by atoms with Gasteiger partial charge in [-0.25, -0.2) is 0 Å². The summed E-state index contributed by atoms with van der Waals surface area (Å²) in [5, 5.41) is 1.99. The molecule has 0 fully saturated rings. The quantitative estimate of drug-likeness (QED) is 0.847. The third-order valence-electron chi connectivity index (χ3n) is 2.96. The van der Waals surface area contributed by atoms with Gasteiger partial charge in [-0.1, -0.05) is 23.7 Å². The van der Waals surface area contributed by atoms with Crippen molar-refractivity contribution in [2.45, 2.75) is 13.1 Å². The number of nitrogens with one attached hydrogen (secondary N) is 1. The lowest BCUT2D eigenvalue weighted by atomic mass is 10.1. The Bertz CT molecular complexity index is 717. The first-order valence-corrected chi connectivity index (χ1v) is 7.10. The normalized spacial score (nSPS) is 11.2. The zero-order valence-electron chi connectivity index (χ0n) is 12.1. The van der Waals surface area contributed by atoms with Gasteiger partial charge < -0.3 is 10.1 Å². The van der Waals surface area contributed by atoms with Crippen LogP contribution in [-0.4, -0.2) is 12.5 Å². The summed E-state index contributed by atoms with van der Waals surface area (Å²) < 4.78 is 43.8. The summed E-state index contributed by atoms with van der Waals surface area (Å²) in [4.78, 5) is 12.3. The van der Waals surface area contributed by atoms with Crippen molar-refractivity contribution in [3.8, 4) is 5.75 Å². The van der Waals surface area contributed by atoms with Gasteiger partial charge in [0, 0.05) is 5.69 Å². The number of carbonyl (C=O) groups excluding carboxylic acids is 1. The molecule has 0 bridgehead atoms. The lowest BCUT2D eigenvalue weighted by molar-refractivity contribution is -0.137. The zero-order valence-corrected chi connectivity index (χ0v) is 12.8. The van der Waals surface area contributed by atoms with Crippen molar-refractivity contribution in [1.29, 1.82) is 0 Å². The second kappa shape index (κ2) is 6.91.